The van der Waals surface area contributed by atoms with Crippen LogP contribution < -0.4 is 11.1 Å². The van der Waals surface area contributed by atoms with E-state index in [1.54, 1.807) is 18.4 Å². The Kier molecular flexibility index (Phi) is 4.55. The summed E-state index contributed by atoms with van der Waals surface area (Å²) in [7, 11) is 1.71. The zero-order chi connectivity index (χ0) is 13.8. The topological polar surface area (TPSA) is 73.1 Å². The van der Waals surface area contributed by atoms with E-state index in [4.69, 9.17) is 10.5 Å². The third kappa shape index (κ3) is 3.33. The minimum absolute atomic E-state index is 0.318. The summed E-state index contributed by atoms with van der Waals surface area (Å²) in [6.45, 7) is 5.79. The molecule has 0 aliphatic rings. The van der Waals surface area contributed by atoms with Crippen LogP contribution in [0.25, 0.3) is 10.2 Å². The van der Waals surface area contributed by atoms with Crippen molar-refractivity contribution < 1.29 is 4.74 Å². The predicted molar refractivity (Wildman–Crippen MR) is 80.7 cm³/mol. The average molecular weight is 280 g/mol. The molecule has 2 aromatic rings. The van der Waals surface area contributed by atoms with E-state index in [2.05, 4.69) is 35.2 Å². The quantitative estimate of drug-likeness (QED) is 0.850. The Morgan fingerprint density at radius 3 is 2.95 bits per heavy atom. The maximum Gasteiger partial charge on any atom is 0.223 e. The molecule has 3 N–H and O–H groups in total. The van der Waals surface area contributed by atoms with E-state index in [9.17, 15) is 0 Å². The molecule has 1 atom stereocenters. The number of thiophene rings is 1. The molecule has 0 fully saturated rings. The second-order valence-electron chi connectivity index (χ2n) is 4.66. The first-order chi connectivity index (χ1) is 9.13. The summed E-state index contributed by atoms with van der Waals surface area (Å²) in [5, 5.41) is 4.40. The van der Waals surface area contributed by atoms with Crippen LogP contribution in [0.3, 0.4) is 0 Å². The highest BCUT2D eigenvalue weighted by Crippen LogP contribution is 2.29. The number of ether oxygens (including phenoxy) is 1. The number of aromatic nitrogens is 2. The van der Waals surface area contributed by atoms with Gasteiger partial charge in [-0.2, -0.15) is 4.98 Å². The van der Waals surface area contributed by atoms with Gasteiger partial charge in [0.1, 0.15) is 10.6 Å². The van der Waals surface area contributed by atoms with Gasteiger partial charge in [0.05, 0.1) is 12.0 Å². The number of hydrogen-bond donors (Lipinski definition) is 2. The van der Waals surface area contributed by atoms with Gasteiger partial charge in [-0.1, -0.05) is 13.8 Å². The number of nitrogens with two attached hydrogens (primary N) is 1. The van der Waals surface area contributed by atoms with Crippen molar-refractivity contribution in [3.05, 3.63) is 10.9 Å². The zero-order valence-corrected chi connectivity index (χ0v) is 12.4. The van der Waals surface area contributed by atoms with Gasteiger partial charge in [-0.3, -0.25) is 0 Å². The molecule has 0 saturated carbocycles. The van der Waals surface area contributed by atoms with E-state index >= 15 is 0 Å². The maximum absolute atomic E-state index is 5.76. The third-order valence-corrected chi connectivity index (χ3v) is 4.05. The highest BCUT2D eigenvalue weighted by atomic mass is 32.1. The van der Waals surface area contributed by atoms with E-state index < -0.39 is 0 Å². The first kappa shape index (κ1) is 14.0. The smallest absolute Gasteiger partial charge is 0.223 e. The van der Waals surface area contributed by atoms with E-state index in [1.807, 2.05) is 0 Å². The normalized spacial score (nSPS) is 12.8. The molecule has 0 radical (unpaired) electrons. The molecule has 0 saturated heterocycles. The number of nitrogens with zero attached hydrogens (tertiary/aromatic N) is 2. The standard InChI is InChI=1S/C13H20N4OS/c1-4-9-5-10-11(15-6-8(2)7-18-3)16-13(14)17-12(10)19-9/h5,8H,4,6-7H2,1-3H3,(H3,14,15,16,17). The summed E-state index contributed by atoms with van der Waals surface area (Å²) >= 11 is 1.67. The highest BCUT2D eigenvalue weighted by Gasteiger charge is 2.11. The lowest BCUT2D eigenvalue weighted by molar-refractivity contribution is 0.164. The van der Waals surface area contributed by atoms with E-state index in [0.717, 1.165) is 35.6 Å². The number of anilines is 2. The lowest BCUT2D eigenvalue weighted by atomic mass is 10.2. The van der Waals surface area contributed by atoms with Gasteiger partial charge in [-0.05, 0) is 18.4 Å². The molecule has 2 heterocycles. The van der Waals surface area contributed by atoms with Crippen molar-refractivity contribution in [1.82, 2.24) is 9.97 Å². The zero-order valence-electron chi connectivity index (χ0n) is 11.6. The summed E-state index contributed by atoms with van der Waals surface area (Å²) in [5.74, 6) is 1.56. The molecule has 6 heteroatoms. The first-order valence-corrected chi connectivity index (χ1v) is 7.24. The highest BCUT2D eigenvalue weighted by molar-refractivity contribution is 7.18. The summed E-state index contributed by atoms with van der Waals surface area (Å²) in [6.07, 6.45) is 1.00. The molecule has 2 rings (SSSR count). The summed E-state index contributed by atoms with van der Waals surface area (Å²) in [6, 6.07) is 2.14. The van der Waals surface area contributed by atoms with Gasteiger partial charge in [0.2, 0.25) is 5.95 Å². The van der Waals surface area contributed by atoms with Crippen LogP contribution >= 0.6 is 11.3 Å². The SMILES string of the molecule is CCc1cc2c(NCC(C)COC)nc(N)nc2s1. The largest absolute Gasteiger partial charge is 0.384 e. The summed E-state index contributed by atoms with van der Waals surface area (Å²) < 4.78 is 5.13. The van der Waals surface area contributed by atoms with Crippen LogP contribution in [-0.2, 0) is 11.2 Å². The Morgan fingerprint density at radius 1 is 1.47 bits per heavy atom. The van der Waals surface area contributed by atoms with Gasteiger partial charge >= 0.3 is 0 Å². The lowest BCUT2D eigenvalue weighted by Crippen LogP contribution is -2.17. The van der Waals surface area contributed by atoms with Crippen LogP contribution in [0.5, 0.6) is 0 Å². The molecule has 19 heavy (non-hydrogen) atoms. The van der Waals surface area contributed by atoms with Crippen molar-refractivity contribution in [2.45, 2.75) is 20.3 Å². The number of aryl methyl sites for hydroxylation is 1. The molecule has 0 aromatic carbocycles. The second-order valence-corrected chi connectivity index (χ2v) is 5.77. The Morgan fingerprint density at radius 2 is 2.26 bits per heavy atom. The molecular weight excluding hydrogens is 260 g/mol. The number of nitrogen functional groups attached to an aromatic ring is 1. The molecule has 0 aliphatic heterocycles. The van der Waals surface area contributed by atoms with Crippen molar-refractivity contribution in [1.29, 1.82) is 0 Å². The minimum Gasteiger partial charge on any atom is -0.384 e. The molecule has 0 spiro atoms. The van der Waals surface area contributed by atoms with Crippen molar-refractivity contribution in [3.8, 4) is 0 Å². The summed E-state index contributed by atoms with van der Waals surface area (Å²) in [4.78, 5) is 10.8. The number of nitrogens with one attached hydrogen (secondary N) is 1. The third-order valence-electron chi connectivity index (χ3n) is 2.88. The van der Waals surface area contributed by atoms with Crippen LogP contribution in [0.2, 0.25) is 0 Å². The molecule has 0 bridgehead atoms. The number of methoxy groups -OCH3 is 1. The van der Waals surface area contributed by atoms with Gasteiger partial charge in [0.25, 0.3) is 0 Å². The number of rotatable bonds is 6. The van der Waals surface area contributed by atoms with Gasteiger partial charge in [0, 0.05) is 18.5 Å². The number of fused-ring (bicyclic) bond motifs is 1. The summed E-state index contributed by atoms with van der Waals surface area (Å²) in [5.41, 5.74) is 5.76. The first-order valence-electron chi connectivity index (χ1n) is 6.42. The van der Waals surface area contributed by atoms with Gasteiger partial charge in [0.15, 0.2) is 0 Å². The van der Waals surface area contributed by atoms with E-state index in [0.29, 0.717) is 11.9 Å². The lowest BCUT2D eigenvalue weighted by Gasteiger charge is -2.12. The molecule has 2 aromatic heterocycles. The Bertz CT molecular complexity index is 555. The van der Waals surface area contributed by atoms with Crippen LogP contribution in [0, 0.1) is 5.92 Å². The minimum atomic E-state index is 0.318. The van der Waals surface area contributed by atoms with Crippen LogP contribution in [0.1, 0.15) is 18.7 Å². The fourth-order valence-electron chi connectivity index (χ4n) is 1.91. The predicted octanol–water partition coefficient (Wildman–Crippen LogP) is 2.53. The second kappa shape index (κ2) is 6.16. The molecule has 5 nitrogen and oxygen atoms in total. The van der Waals surface area contributed by atoms with Crippen molar-refractivity contribution in [3.63, 3.8) is 0 Å². The molecule has 0 amide bonds. The van der Waals surface area contributed by atoms with Crippen LogP contribution in [0.15, 0.2) is 6.07 Å². The molecular formula is C13H20N4OS. The molecule has 104 valence electrons. The fraction of sp³-hybridized carbons (Fsp3) is 0.538. The van der Waals surface area contributed by atoms with Crippen molar-refractivity contribution in [2.75, 3.05) is 31.3 Å². The number of hydrogen-bond acceptors (Lipinski definition) is 6. The molecule has 1 unspecified atom stereocenters. The van der Waals surface area contributed by atoms with Crippen molar-refractivity contribution >= 4 is 33.3 Å². The van der Waals surface area contributed by atoms with Crippen LogP contribution in [0.4, 0.5) is 11.8 Å². The Labute approximate surface area is 117 Å². The van der Waals surface area contributed by atoms with E-state index in [1.165, 1.54) is 4.88 Å². The van der Waals surface area contributed by atoms with Gasteiger partial charge < -0.3 is 15.8 Å². The Balaban J connectivity index is 2.23. The Hall–Kier alpha value is -1.40. The average Bonchev–Trinajstić information content (AvgIpc) is 2.79. The fourth-order valence-corrected chi connectivity index (χ4v) is 2.89. The maximum atomic E-state index is 5.76. The van der Waals surface area contributed by atoms with Crippen LogP contribution in [-0.4, -0.2) is 30.2 Å². The molecule has 0 aliphatic carbocycles. The van der Waals surface area contributed by atoms with Gasteiger partial charge in [-0.15, -0.1) is 11.3 Å². The van der Waals surface area contributed by atoms with E-state index in [-0.39, 0.29) is 0 Å². The monoisotopic (exact) mass is 280 g/mol. The van der Waals surface area contributed by atoms with Crippen molar-refractivity contribution in [2.24, 2.45) is 5.92 Å². The van der Waals surface area contributed by atoms with Gasteiger partial charge in [-0.25, -0.2) is 4.98 Å².